The van der Waals surface area contributed by atoms with Gasteiger partial charge in [0.1, 0.15) is 5.75 Å². The number of ether oxygens (including phenoxy) is 1. The van der Waals surface area contributed by atoms with E-state index in [1.165, 1.54) is 7.11 Å². The number of carbonyl (C=O) groups is 1. The van der Waals surface area contributed by atoms with Gasteiger partial charge in [-0.1, -0.05) is 31.2 Å². The van der Waals surface area contributed by atoms with Crippen molar-refractivity contribution in [3.8, 4) is 5.75 Å². The highest BCUT2D eigenvalue weighted by molar-refractivity contribution is 7.90. The lowest BCUT2D eigenvalue weighted by molar-refractivity contribution is 0.248. The number of sulfone groups is 1. The van der Waals surface area contributed by atoms with Gasteiger partial charge in [0.2, 0.25) is 0 Å². The third-order valence-electron chi connectivity index (χ3n) is 3.78. The summed E-state index contributed by atoms with van der Waals surface area (Å²) >= 11 is 0. The molecule has 0 saturated carbocycles. The number of hydrogen-bond acceptors (Lipinski definition) is 4. The summed E-state index contributed by atoms with van der Waals surface area (Å²) in [4.78, 5) is 12.5. The van der Waals surface area contributed by atoms with Crippen molar-refractivity contribution in [1.29, 1.82) is 0 Å². The molecule has 2 aromatic rings. The van der Waals surface area contributed by atoms with Crippen LogP contribution in [0.25, 0.3) is 0 Å². The predicted molar refractivity (Wildman–Crippen MR) is 97.7 cm³/mol. The molecule has 0 bridgehead atoms. The maximum atomic E-state index is 12.3. The molecule has 0 aliphatic rings. The Kier molecular flexibility index (Phi) is 6.03. The minimum absolute atomic E-state index is 0.233. The summed E-state index contributed by atoms with van der Waals surface area (Å²) in [6.07, 6.45) is 1.83. The Bertz CT molecular complexity index is 832. The third-order valence-corrected chi connectivity index (χ3v) is 4.91. The molecule has 0 spiro atoms. The van der Waals surface area contributed by atoms with E-state index in [1.807, 2.05) is 13.0 Å². The zero-order valence-electron chi connectivity index (χ0n) is 14.4. The lowest BCUT2D eigenvalue weighted by atomic mass is 10.1. The second kappa shape index (κ2) is 8.02. The zero-order chi connectivity index (χ0) is 18.4. The first-order chi connectivity index (χ1) is 11.8. The number of hydrogen-bond donors (Lipinski definition) is 2. The summed E-state index contributed by atoms with van der Waals surface area (Å²) in [6.45, 7) is 1.94. The van der Waals surface area contributed by atoms with Gasteiger partial charge in [-0.05, 0) is 36.2 Å². The molecule has 6 nitrogen and oxygen atoms in total. The van der Waals surface area contributed by atoms with Crippen molar-refractivity contribution >= 4 is 21.6 Å². The molecule has 0 saturated heterocycles. The fraction of sp³-hybridized carbons (Fsp3) is 0.278. The van der Waals surface area contributed by atoms with Gasteiger partial charge in [0.05, 0.1) is 23.7 Å². The molecule has 0 aromatic heterocycles. The molecule has 2 rings (SSSR count). The lowest BCUT2D eigenvalue weighted by Gasteiger charge is -2.19. The molecule has 2 amide bonds. The molecule has 2 aromatic carbocycles. The predicted octanol–water partition coefficient (Wildman–Crippen LogP) is 3.37. The van der Waals surface area contributed by atoms with Gasteiger partial charge in [-0.2, -0.15) is 0 Å². The van der Waals surface area contributed by atoms with E-state index >= 15 is 0 Å². The van der Waals surface area contributed by atoms with Crippen molar-refractivity contribution in [2.75, 3.05) is 18.7 Å². The van der Waals surface area contributed by atoms with Crippen LogP contribution in [0.1, 0.15) is 24.9 Å². The summed E-state index contributed by atoms with van der Waals surface area (Å²) in [5.41, 5.74) is 1.41. The largest absolute Gasteiger partial charge is 0.495 e. The van der Waals surface area contributed by atoms with Crippen LogP contribution in [0.4, 0.5) is 10.5 Å². The van der Waals surface area contributed by atoms with E-state index < -0.39 is 9.84 Å². The molecule has 0 heterocycles. The van der Waals surface area contributed by atoms with Crippen LogP contribution in [0, 0.1) is 0 Å². The zero-order valence-corrected chi connectivity index (χ0v) is 15.3. The van der Waals surface area contributed by atoms with E-state index in [1.54, 1.807) is 42.5 Å². The van der Waals surface area contributed by atoms with Crippen LogP contribution >= 0.6 is 0 Å². The summed E-state index contributed by atoms with van der Waals surface area (Å²) in [6, 6.07) is 13.1. The number of carbonyl (C=O) groups excluding carboxylic acids is 1. The van der Waals surface area contributed by atoms with Gasteiger partial charge in [0, 0.05) is 6.26 Å². The Hall–Kier alpha value is -2.54. The normalized spacial score (nSPS) is 12.3. The van der Waals surface area contributed by atoms with Crippen molar-refractivity contribution in [3.05, 3.63) is 54.1 Å². The number of para-hydroxylation sites is 2. The average molecular weight is 362 g/mol. The standard InChI is InChI=1S/C18H22N2O4S/c1-4-15(13-9-11-14(12-10-13)25(3,22)23)19-18(21)20-16-7-5-6-8-17(16)24-2/h5-12,15H,4H2,1-3H3,(H2,19,20,21)/t15-/m1/s1. The van der Waals surface area contributed by atoms with E-state index in [2.05, 4.69) is 10.6 Å². The van der Waals surface area contributed by atoms with Gasteiger partial charge < -0.3 is 15.4 Å². The highest BCUT2D eigenvalue weighted by atomic mass is 32.2. The highest BCUT2D eigenvalue weighted by Crippen LogP contribution is 2.24. The van der Waals surface area contributed by atoms with E-state index in [0.29, 0.717) is 17.9 Å². The monoisotopic (exact) mass is 362 g/mol. The first-order valence-corrected chi connectivity index (χ1v) is 9.75. The highest BCUT2D eigenvalue weighted by Gasteiger charge is 2.15. The topological polar surface area (TPSA) is 84.5 Å². The second-order valence-corrected chi connectivity index (χ2v) is 7.62. The molecule has 0 unspecified atom stereocenters. The van der Waals surface area contributed by atoms with Crippen LogP contribution in [0.5, 0.6) is 5.75 Å². The van der Waals surface area contributed by atoms with Gasteiger partial charge in [-0.15, -0.1) is 0 Å². The van der Waals surface area contributed by atoms with Gasteiger partial charge >= 0.3 is 6.03 Å². The van der Waals surface area contributed by atoms with Crippen LogP contribution < -0.4 is 15.4 Å². The molecule has 2 N–H and O–H groups in total. The number of benzene rings is 2. The first kappa shape index (κ1) is 18.8. The smallest absolute Gasteiger partial charge is 0.319 e. The quantitative estimate of drug-likeness (QED) is 0.825. The fourth-order valence-corrected chi connectivity index (χ4v) is 3.06. The number of rotatable bonds is 6. The van der Waals surface area contributed by atoms with Crippen LogP contribution in [0.2, 0.25) is 0 Å². The van der Waals surface area contributed by atoms with Gasteiger partial charge in [-0.3, -0.25) is 0 Å². The molecule has 25 heavy (non-hydrogen) atoms. The molecule has 1 atom stereocenters. The maximum Gasteiger partial charge on any atom is 0.319 e. The van der Waals surface area contributed by atoms with Crippen molar-refractivity contribution in [1.82, 2.24) is 5.32 Å². The van der Waals surface area contributed by atoms with E-state index in [4.69, 9.17) is 4.74 Å². The Labute approximate surface area is 148 Å². The Morgan fingerprint density at radius 3 is 2.32 bits per heavy atom. The van der Waals surface area contributed by atoms with Gasteiger partial charge in [0.25, 0.3) is 0 Å². The summed E-state index contributed by atoms with van der Waals surface area (Å²) < 4.78 is 28.3. The van der Waals surface area contributed by atoms with Crippen LogP contribution in [0.3, 0.4) is 0 Å². The summed E-state index contributed by atoms with van der Waals surface area (Å²) in [7, 11) is -1.70. The lowest BCUT2D eigenvalue weighted by Crippen LogP contribution is -2.32. The number of nitrogens with one attached hydrogen (secondary N) is 2. The molecule has 0 radical (unpaired) electrons. The van der Waals surface area contributed by atoms with E-state index in [9.17, 15) is 13.2 Å². The third kappa shape index (κ3) is 4.96. The SMILES string of the molecule is CC[C@@H](NC(=O)Nc1ccccc1OC)c1ccc(S(C)(=O)=O)cc1. The Morgan fingerprint density at radius 1 is 1.12 bits per heavy atom. The summed E-state index contributed by atoms with van der Waals surface area (Å²) in [5.74, 6) is 0.572. The van der Waals surface area contributed by atoms with Crippen molar-refractivity contribution < 1.29 is 17.9 Å². The molecule has 0 fully saturated rings. The minimum Gasteiger partial charge on any atom is -0.495 e. The Morgan fingerprint density at radius 2 is 1.76 bits per heavy atom. The molecule has 134 valence electrons. The fourth-order valence-electron chi connectivity index (χ4n) is 2.43. The maximum absolute atomic E-state index is 12.3. The average Bonchev–Trinajstić information content (AvgIpc) is 2.59. The Balaban J connectivity index is 2.09. The molecule has 0 aliphatic heterocycles. The molecule has 7 heteroatoms. The van der Waals surface area contributed by atoms with E-state index in [-0.39, 0.29) is 17.0 Å². The minimum atomic E-state index is -3.24. The van der Waals surface area contributed by atoms with Crippen molar-refractivity contribution in [2.45, 2.75) is 24.3 Å². The number of amides is 2. The van der Waals surface area contributed by atoms with E-state index in [0.717, 1.165) is 11.8 Å². The van der Waals surface area contributed by atoms with Gasteiger partial charge in [-0.25, -0.2) is 13.2 Å². The number of anilines is 1. The van der Waals surface area contributed by atoms with Crippen molar-refractivity contribution in [2.24, 2.45) is 0 Å². The number of methoxy groups -OCH3 is 1. The molecule has 0 aliphatic carbocycles. The van der Waals surface area contributed by atoms with Crippen LogP contribution in [-0.2, 0) is 9.84 Å². The van der Waals surface area contributed by atoms with Gasteiger partial charge in [0.15, 0.2) is 9.84 Å². The molecular weight excluding hydrogens is 340 g/mol. The van der Waals surface area contributed by atoms with Crippen LogP contribution in [0.15, 0.2) is 53.4 Å². The summed E-state index contributed by atoms with van der Waals surface area (Å²) in [5, 5.41) is 5.65. The first-order valence-electron chi connectivity index (χ1n) is 7.85. The number of urea groups is 1. The molecular formula is C18H22N2O4S. The van der Waals surface area contributed by atoms with Crippen molar-refractivity contribution in [3.63, 3.8) is 0 Å². The second-order valence-electron chi connectivity index (χ2n) is 5.60. The van der Waals surface area contributed by atoms with Crippen LogP contribution in [-0.4, -0.2) is 27.8 Å².